The van der Waals surface area contributed by atoms with Crippen molar-refractivity contribution in [3.8, 4) is 0 Å². The van der Waals surface area contributed by atoms with Crippen molar-refractivity contribution >= 4 is 0 Å². The highest BCUT2D eigenvalue weighted by molar-refractivity contribution is 5.02. The minimum absolute atomic E-state index is 0.197. The topological polar surface area (TPSA) is 30.5 Å². The Balaban J connectivity index is 1.60. The second kappa shape index (κ2) is 5.10. The van der Waals surface area contributed by atoms with Crippen molar-refractivity contribution in [1.29, 1.82) is 0 Å². The average Bonchev–Trinajstić information content (AvgIpc) is 2.26. The second-order valence-electron chi connectivity index (χ2n) is 6.60. The minimum atomic E-state index is 0.197. The first-order chi connectivity index (χ1) is 8.68. The lowest BCUT2D eigenvalue weighted by Crippen LogP contribution is -2.62. The molecule has 2 aliphatic heterocycles. The Kier molecular flexibility index (Phi) is 3.65. The Labute approximate surface area is 111 Å². The van der Waals surface area contributed by atoms with E-state index in [2.05, 4.69) is 19.2 Å². The molecule has 1 N–H and O–H groups in total. The van der Waals surface area contributed by atoms with E-state index < -0.39 is 0 Å². The van der Waals surface area contributed by atoms with Crippen molar-refractivity contribution in [2.24, 2.45) is 5.92 Å². The molecule has 0 aromatic heterocycles. The van der Waals surface area contributed by atoms with Crippen LogP contribution in [0.2, 0.25) is 0 Å². The Morgan fingerprint density at radius 1 is 1.17 bits per heavy atom. The molecule has 0 aromatic rings. The van der Waals surface area contributed by atoms with E-state index in [0.717, 1.165) is 19.1 Å². The van der Waals surface area contributed by atoms with Crippen LogP contribution in [0.4, 0.5) is 0 Å². The van der Waals surface area contributed by atoms with Crippen molar-refractivity contribution in [2.45, 2.75) is 76.2 Å². The summed E-state index contributed by atoms with van der Waals surface area (Å²) in [6, 6.07) is 0.586. The molecule has 3 nitrogen and oxygen atoms in total. The third-order valence-corrected chi connectivity index (χ3v) is 5.08. The van der Waals surface area contributed by atoms with Gasteiger partial charge in [-0.15, -0.1) is 0 Å². The van der Waals surface area contributed by atoms with E-state index in [-0.39, 0.29) is 5.60 Å². The molecule has 1 saturated carbocycles. The molecule has 0 aromatic carbocycles. The molecule has 3 aliphatic rings. The normalized spacial score (nSPS) is 43.7. The van der Waals surface area contributed by atoms with Gasteiger partial charge in [0, 0.05) is 12.6 Å². The van der Waals surface area contributed by atoms with Gasteiger partial charge in [-0.1, -0.05) is 0 Å². The van der Waals surface area contributed by atoms with E-state index in [0.29, 0.717) is 18.2 Å². The van der Waals surface area contributed by atoms with Gasteiger partial charge in [-0.2, -0.15) is 0 Å². The predicted molar refractivity (Wildman–Crippen MR) is 71.7 cm³/mol. The maximum atomic E-state index is 6.12. The van der Waals surface area contributed by atoms with Crippen LogP contribution >= 0.6 is 0 Å². The lowest BCUT2D eigenvalue weighted by Gasteiger charge is -2.52. The summed E-state index contributed by atoms with van der Waals surface area (Å²) >= 11 is 0. The first-order valence-corrected chi connectivity index (χ1v) is 7.71. The van der Waals surface area contributed by atoms with Crippen LogP contribution < -0.4 is 5.32 Å². The number of ether oxygens (including phenoxy) is 2. The predicted octanol–water partition coefficient (Wildman–Crippen LogP) is 2.49. The monoisotopic (exact) mass is 253 g/mol. The summed E-state index contributed by atoms with van der Waals surface area (Å²) in [6.45, 7) is 6.36. The van der Waals surface area contributed by atoms with E-state index in [1.54, 1.807) is 0 Å². The fraction of sp³-hybridized carbons (Fsp3) is 1.00. The van der Waals surface area contributed by atoms with Crippen LogP contribution in [0.15, 0.2) is 0 Å². The van der Waals surface area contributed by atoms with Crippen LogP contribution in [0.3, 0.4) is 0 Å². The molecule has 0 amide bonds. The number of hydrogen-bond acceptors (Lipinski definition) is 3. The summed E-state index contributed by atoms with van der Waals surface area (Å²) in [7, 11) is 0. The summed E-state index contributed by atoms with van der Waals surface area (Å²) < 4.78 is 12.0. The Hall–Kier alpha value is -0.120. The Morgan fingerprint density at radius 3 is 2.50 bits per heavy atom. The maximum absolute atomic E-state index is 6.12. The summed E-state index contributed by atoms with van der Waals surface area (Å²) in [5, 5.41) is 3.72. The molecule has 3 unspecified atom stereocenters. The zero-order chi connectivity index (χ0) is 12.6. The highest BCUT2D eigenvalue weighted by Crippen LogP contribution is 2.43. The fourth-order valence-corrected chi connectivity index (χ4v) is 4.16. The first kappa shape index (κ1) is 12.9. The highest BCUT2D eigenvalue weighted by atomic mass is 16.5. The lowest BCUT2D eigenvalue weighted by molar-refractivity contribution is -0.152. The summed E-state index contributed by atoms with van der Waals surface area (Å²) in [5.74, 6) is 0.806. The van der Waals surface area contributed by atoms with Crippen LogP contribution in [0.25, 0.3) is 0 Å². The quantitative estimate of drug-likeness (QED) is 0.820. The largest absolute Gasteiger partial charge is 0.376 e. The molecule has 104 valence electrons. The van der Waals surface area contributed by atoms with Gasteiger partial charge in [-0.3, -0.25) is 0 Å². The van der Waals surface area contributed by atoms with Crippen molar-refractivity contribution in [1.82, 2.24) is 5.32 Å². The van der Waals surface area contributed by atoms with Gasteiger partial charge in [0.05, 0.1) is 24.4 Å². The summed E-state index contributed by atoms with van der Waals surface area (Å²) in [6.07, 6.45) is 8.45. The third-order valence-electron chi connectivity index (χ3n) is 5.08. The van der Waals surface area contributed by atoms with Gasteiger partial charge in [0.15, 0.2) is 0 Å². The molecule has 3 heteroatoms. The third kappa shape index (κ3) is 2.45. The zero-order valence-corrected chi connectivity index (χ0v) is 11.8. The van der Waals surface area contributed by atoms with Crippen LogP contribution in [0.1, 0.15) is 52.4 Å². The van der Waals surface area contributed by atoms with Crippen molar-refractivity contribution in [2.75, 3.05) is 13.2 Å². The van der Waals surface area contributed by atoms with Gasteiger partial charge < -0.3 is 14.8 Å². The van der Waals surface area contributed by atoms with Gasteiger partial charge in [0.25, 0.3) is 0 Å². The molecule has 2 saturated heterocycles. The fourth-order valence-electron chi connectivity index (χ4n) is 4.16. The van der Waals surface area contributed by atoms with E-state index in [4.69, 9.17) is 9.47 Å². The summed E-state index contributed by atoms with van der Waals surface area (Å²) in [5.41, 5.74) is 0.197. The molecule has 1 aliphatic carbocycles. The lowest BCUT2D eigenvalue weighted by atomic mass is 9.70. The smallest absolute Gasteiger partial charge is 0.0835 e. The van der Waals surface area contributed by atoms with Gasteiger partial charge in [-0.05, 0) is 58.3 Å². The molecule has 2 heterocycles. The number of hydrogen-bond donors (Lipinski definition) is 1. The average molecular weight is 253 g/mol. The molecule has 3 fully saturated rings. The number of rotatable bonds is 2. The number of nitrogens with one attached hydrogen (secondary N) is 1. The highest BCUT2D eigenvalue weighted by Gasteiger charge is 2.47. The molecule has 0 bridgehead atoms. The van der Waals surface area contributed by atoms with Gasteiger partial charge >= 0.3 is 0 Å². The Bertz CT molecular complexity index is 280. The van der Waals surface area contributed by atoms with Crippen LogP contribution in [0, 0.1) is 5.92 Å². The first-order valence-electron chi connectivity index (χ1n) is 7.71. The van der Waals surface area contributed by atoms with Crippen molar-refractivity contribution < 1.29 is 9.47 Å². The molecule has 3 rings (SSSR count). The molecule has 3 atom stereocenters. The molecular weight excluding hydrogens is 226 g/mol. The van der Waals surface area contributed by atoms with E-state index in [9.17, 15) is 0 Å². The standard InChI is InChI=1S/C15H27NO2/c1-11-8-13(9-12(2)18-11)10-14-15(4-3-5-15)17-7-6-16-14/h11-14,16H,3-10H2,1-2H3. The van der Waals surface area contributed by atoms with Crippen molar-refractivity contribution in [3.63, 3.8) is 0 Å². The van der Waals surface area contributed by atoms with Crippen LogP contribution in [-0.4, -0.2) is 37.0 Å². The van der Waals surface area contributed by atoms with Gasteiger partial charge in [0.2, 0.25) is 0 Å². The maximum Gasteiger partial charge on any atom is 0.0835 e. The van der Waals surface area contributed by atoms with Gasteiger partial charge in [-0.25, -0.2) is 0 Å². The molecule has 0 radical (unpaired) electrons. The van der Waals surface area contributed by atoms with E-state index in [1.165, 1.54) is 38.5 Å². The molecule has 1 spiro atoms. The van der Waals surface area contributed by atoms with Crippen LogP contribution in [0.5, 0.6) is 0 Å². The summed E-state index contributed by atoms with van der Waals surface area (Å²) in [4.78, 5) is 0. The number of morpholine rings is 1. The van der Waals surface area contributed by atoms with Crippen LogP contribution in [-0.2, 0) is 9.47 Å². The van der Waals surface area contributed by atoms with E-state index >= 15 is 0 Å². The second-order valence-corrected chi connectivity index (χ2v) is 6.60. The van der Waals surface area contributed by atoms with Gasteiger partial charge in [0.1, 0.15) is 0 Å². The minimum Gasteiger partial charge on any atom is -0.376 e. The molecule has 18 heavy (non-hydrogen) atoms. The zero-order valence-electron chi connectivity index (χ0n) is 11.8. The SMILES string of the molecule is CC1CC(CC2NCCOC23CCC3)CC(C)O1. The van der Waals surface area contributed by atoms with E-state index in [1.807, 2.05) is 0 Å². The molecular formula is C15H27NO2. The van der Waals surface area contributed by atoms with Crippen molar-refractivity contribution in [3.05, 3.63) is 0 Å². The Morgan fingerprint density at radius 2 is 1.89 bits per heavy atom.